The molecule has 0 saturated carbocycles. The Morgan fingerprint density at radius 1 is 1.14 bits per heavy atom. The number of furan rings is 1. The van der Waals surface area contributed by atoms with Gasteiger partial charge < -0.3 is 19.2 Å². The van der Waals surface area contributed by atoms with Gasteiger partial charge in [0.15, 0.2) is 6.61 Å². The summed E-state index contributed by atoms with van der Waals surface area (Å²) >= 11 is 0. The minimum absolute atomic E-state index is 0.0115. The van der Waals surface area contributed by atoms with Crippen LogP contribution in [-0.4, -0.2) is 50.3 Å². The number of nitrogens with one attached hydrogen (secondary N) is 1. The predicted octanol–water partition coefficient (Wildman–Crippen LogP) is 3.45. The number of hydrogen-bond donors (Lipinski definition) is 1. The molecule has 2 aromatic rings. The van der Waals surface area contributed by atoms with Crippen LogP contribution >= 0.6 is 0 Å². The fourth-order valence-electron chi connectivity index (χ4n) is 3.39. The zero-order valence-electron chi connectivity index (χ0n) is 17.9. The van der Waals surface area contributed by atoms with Crippen LogP contribution in [0.4, 0.5) is 0 Å². The zero-order chi connectivity index (χ0) is 20.9. The molecule has 1 aliphatic rings. The molecule has 158 valence electrons. The maximum Gasteiger partial charge on any atom is 0.258 e. The van der Waals surface area contributed by atoms with Crippen molar-refractivity contribution in [2.24, 2.45) is 0 Å². The summed E-state index contributed by atoms with van der Waals surface area (Å²) in [5, 5.41) is 2.99. The summed E-state index contributed by atoms with van der Waals surface area (Å²) in [5.74, 6) is 2.28. The average molecular weight is 401 g/mol. The van der Waals surface area contributed by atoms with Gasteiger partial charge in [-0.3, -0.25) is 9.69 Å². The lowest BCUT2D eigenvalue weighted by Crippen LogP contribution is -2.44. The van der Waals surface area contributed by atoms with E-state index in [4.69, 9.17) is 13.9 Å². The molecular weight excluding hydrogens is 368 g/mol. The first-order valence-electron chi connectivity index (χ1n) is 10.2. The van der Waals surface area contributed by atoms with Gasteiger partial charge in [-0.15, -0.1) is 0 Å². The molecule has 1 aliphatic heterocycles. The average Bonchev–Trinajstić information content (AvgIpc) is 3.13. The van der Waals surface area contributed by atoms with Crippen LogP contribution in [0.1, 0.15) is 43.9 Å². The first kappa shape index (κ1) is 21.4. The van der Waals surface area contributed by atoms with E-state index in [1.165, 1.54) is 5.56 Å². The molecule has 0 spiro atoms. The van der Waals surface area contributed by atoms with Gasteiger partial charge in [-0.2, -0.15) is 0 Å². The van der Waals surface area contributed by atoms with Crippen LogP contribution in [-0.2, 0) is 14.9 Å². The highest BCUT2D eigenvalue weighted by atomic mass is 16.5. The smallest absolute Gasteiger partial charge is 0.258 e. The normalized spacial score (nSPS) is 16.4. The molecule has 1 saturated heterocycles. The summed E-state index contributed by atoms with van der Waals surface area (Å²) in [6, 6.07) is 11.8. The van der Waals surface area contributed by atoms with Crippen LogP contribution in [0.15, 0.2) is 40.8 Å². The SMILES string of the molecule is Cc1ccc(C(CNC(=O)COc2ccc(C(C)(C)C)cc2)N2CCOCC2)o1. The molecule has 1 N–H and O–H groups in total. The van der Waals surface area contributed by atoms with Crippen molar-refractivity contribution < 1.29 is 18.7 Å². The van der Waals surface area contributed by atoms with Crippen LogP contribution in [0.3, 0.4) is 0 Å². The quantitative estimate of drug-likeness (QED) is 0.771. The standard InChI is InChI=1S/C23H32N2O4/c1-17-5-10-21(29-17)20(25-11-13-27-14-12-25)15-24-22(26)16-28-19-8-6-18(7-9-19)23(2,3)4/h5-10,20H,11-16H2,1-4H3,(H,24,26). The van der Waals surface area contributed by atoms with E-state index in [1.54, 1.807) is 0 Å². The Balaban J connectivity index is 1.53. The molecule has 1 aromatic heterocycles. The Bertz CT molecular complexity index is 786. The second-order valence-corrected chi connectivity index (χ2v) is 8.48. The highest BCUT2D eigenvalue weighted by molar-refractivity contribution is 5.77. The van der Waals surface area contributed by atoms with Crippen LogP contribution in [0, 0.1) is 6.92 Å². The molecule has 1 fully saturated rings. The molecule has 0 aliphatic carbocycles. The topological polar surface area (TPSA) is 63.9 Å². The van der Waals surface area contributed by atoms with Crippen LogP contribution in [0.25, 0.3) is 0 Å². The number of hydrogen-bond acceptors (Lipinski definition) is 5. The maximum absolute atomic E-state index is 12.4. The summed E-state index contributed by atoms with van der Waals surface area (Å²) in [7, 11) is 0. The van der Waals surface area contributed by atoms with Gasteiger partial charge in [0, 0.05) is 19.6 Å². The molecule has 1 amide bonds. The third-order valence-corrected chi connectivity index (χ3v) is 5.16. The molecule has 1 atom stereocenters. The number of nitrogens with zero attached hydrogens (tertiary/aromatic N) is 1. The molecule has 6 nitrogen and oxygen atoms in total. The number of aryl methyl sites for hydroxylation is 1. The van der Waals surface area contributed by atoms with Gasteiger partial charge in [-0.05, 0) is 42.2 Å². The van der Waals surface area contributed by atoms with Crippen molar-refractivity contribution in [3.63, 3.8) is 0 Å². The van der Waals surface area contributed by atoms with E-state index in [0.717, 1.165) is 24.6 Å². The first-order valence-corrected chi connectivity index (χ1v) is 10.2. The molecule has 0 radical (unpaired) electrons. The lowest BCUT2D eigenvalue weighted by Gasteiger charge is -2.33. The Morgan fingerprint density at radius 3 is 2.41 bits per heavy atom. The highest BCUT2D eigenvalue weighted by Gasteiger charge is 2.25. The van der Waals surface area contributed by atoms with Crippen molar-refractivity contribution in [3.05, 3.63) is 53.5 Å². The van der Waals surface area contributed by atoms with Gasteiger partial charge in [0.1, 0.15) is 17.3 Å². The fraction of sp³-hybridized carbons (Fsp3) is 0.522. The molecule has 6 heteroatoms. The van der Waals surface area contributed by atoms with Gasteiger partial charge >= 0.3 is 0 Å². The van der Waals surface area contributed by atoms with E-state index < -0.39 is 0 Å². The summed E-state index contributed by atoms with van der Waals surface area (Å²) < 4.78 is 16.9. The maximum atomic E-state index is 12.4. The van der Waals surface area contributed by atoms with Gasteiger partial charge in [0.05, 0.1) is 19.3 Å². The Labute approximate surface area is 173 Å². The molecule has 1 unspecified atom stereocenters. The number of rotatable bonds is 7. The number of morpholine rings is 1. The number of amides is 1. The minimum Gasteiger partial charge on any atom is -0.484 e. The largest absolute Gasteiger partial charge is 0.484 e. The molecule has 1 aromatic carbocycles. The highest BCUT2D eigenvalue weighted by Crippen LogP contribution is 2.25. The van der Waals surface area contributed by atoms with Crippen molar-refractivity contribution in [2.75, 3.05) is 39.5 Å². The monoisotopic (exact) mass is 400 g/mol. The second-order valence-electron chi connectivity index (χ2n) is 8.48. The summed E-state index contributed by atoms with van der Waals surface area (Å²) in [5.41, 5.74) is 1.32. The van der Waals surface area contributed by atoms with E-state index >= 15 is 0 Å². The Kier molecular flexibility index (Phi) is 6.98. The molecular formula is C23H32N2O4. The van der Waals surface area contributed by atoms with Crippen LogP contribution in [0.2, 0.25) is 0 Å². The van der Waals surface area contributed by atoms with Crippen molar-refractivity contribution in [1.29, 1.82) is 0 Å². The summed E-state index contributed by atoms with van der Waals surface area (Å²) in [6.45, 7) is 11.9. The van der Waals surface area contributed by atoms with E-state index in [1.807, 2.05) is 43.3 Å². The van der Waals surface area contributed by atoms with Crippen LogP contribution in [0.5, 0.6) is 5.75 Å². The number of carbonyl (C=O) groups is 1. The number of carbonyl (C=O) groups excluding carboxylic acids is 1. The molecule has 3 rings (SSSR count). The van der Waals surface area contributed by atoms with Crippen molar-refractivity contribution >= 4 is 5.91 Å². The lowest BCUT2D eigenvalue weighted by atomic mass is 9.87. The minimum atomic E-state index is -0.147. The van der Waals surface area contributed by atoms with E-state index in [0.29, 0.717) is 25.5 Å². The van der Waals surface area contributed by atoms with Crippen LogP contribution < -0.4 is 10.1 Å². The van der Waals surface area contributed by atoms with Gasteiger partial charge in [0.25, 0.3) is 5.91 Å². The predicted molar refractivity (Wildman–Crippen MR) is 112 cm³/mol. The van der Waals surface area contributed by atoms with Gasteiger partial charge in [-0.25, -0.2) is 0 Å². The Hall–Kier alpha value is -2.31. The summed E-state index contributed by atoms with van der Waals surface area (Å²) in [6.07, 6.45) is 0. The second kappa shape index (κ2) is 9.46. The molecule has 2 heterocycles. The summed E-state index contributed by atoms with van der Waals surface area (Å²) in [4.78, 5) is 14.6. The molecule has 29 heavy (non-hydrogen) atoms. The third kappa shape index (κ3) is 6.08. The molecule has 0 bridgehead atoms. The van der Waals surface area contributed by atoms with Gasteiger partial charge in [0.2, 0.25) is 0 Å². The van der Waals surface area contributed by atoms with Crippen molar-refractivity contribution in [2.45, 2.75) is 39.2 Å². The van der Waals surface area contributed by atoms with Gasteiger partial charge in [-0.1, -0.05) is 32.9 Å². The van der Waals surface area contributed by atoms with Crippen molar-refractivity contribution in [1.82, 2.24) is 10.2 Å². The zero-order valence-corrected chi connectivity index (χ0v) is 17.9. The van der Waals surface area contributed by atoms with E-state index in [2.05, 4.69) is 31.0 Å². The number of ether oxygens (including phenoxy) is 2. The third-order valence-electron chi connectivity index (χ3n) is 5.16. The number of benzene rings is 1. The van der Waals surface area contributed by atoms with E-state index in [-0.39, 0.29) is 24.0 Å². The lowest BCUT2D eigenvalue weighted by molar-refractivity contribution is -0.123. The van der Waals surface area contributed by atoms with Crippen molar-refractivity contribution in [3.8, 4) is 5.75 Å². The first-order chi connectivity index (χ1) is 13.8. The Morgan fingerprint density at radius 2 is 1.83 bits per heavy atom. The fourth-order valence-corrected chi connectivity index (χ4v) is 3.39. The van der Waals surface area contributed by atoms with E-state index in [9.17, 15) is 4.79 Å².